The largest absolute Gasteiger partial charge is 0.420 e. The van der Waals surface area contributed by atoms with E-state index in [9.17, 15) is 13.2 Å². The summed E-state index contributed by atoms with van der Waals surface area (Å²) >= 11 is 4.57. The third-order valence-electron chi connectivity index (χ3n) is 2.97. The molecule has 24 heavy (non-hydrogen) atoms. The Balaban J connectivity index is 1.64. The van der Waals surface area contributed by atoms with Crippen LogP contribution in [0.15, 0.2) is 56.5 Å². The lowest BCUT2D eigenvalue weighted by molar-refractivity contribution is -0.137. The number of benzene rings is 1. The molecular weight excluding hydrogens is 407 g/mol. The molecule has 0 fully saturated rings. The van der Waals surface area contributed by atoms with E-state index >= 15 is 0 Å². The van der Waals surface area contributed by atoms with Gasteiger partial charge in [0.2, 0.25) is 11.8 Å². The molecule has 3 rings (SSSR count). The van der Waals surface area contributed by atoms with Gasteiger partial charge in [0, 0.05) is 16.2 Å². The molecular formula is C15H9BrF3N3OS. The Morgan fingerprint density at radius 1 is 1.04 bits per heavy atom. The summed E-state index contributed by atoms with van der Waals surface area (Å²) < 4.78 is 43.9. The normalized spacial score (nSPS) is 11.7. The van der Waals surface area contributed by atoms with Crippen LogP contribution in [0.1, 0.15) is 11.5 Å². The maximum absolute atomic E-state index is 12.5. The highest BCUT2D eigenvalue weighted by molar-refractivity contribution is 9.10. The first-order chi connectivity index (χ1) is 11.4. The van der Waals surface area contributed by atoms with E-state index in [-0.39, 0.29) is 0 Å². The van der Waals surface area contributed by atoms with Gasteiger partial charge in [-0.3, -0.25) is 0 Å². The molecule has 0 saturated carbocycles. The van der Waals surface area contributed by atoms with Crippen LogP contribution in [0, 0.1) is 0 Å². The lowest BCUT2D eigenvalue weighted by atomic mass is 10.2. The molecule has 0 bridgehead atoms. The average molecular weight is 416 g/mol. The number of pyridine rings is 1. The number of aromatic nitrogens is 3. The third-order valence-corrected chi connectivity index (χ3v) is 4.42. The molecule has 0 N–H and O–H groups in total. The summed E-state index contributed by atoms with van der Waals surface area (Å²) in [5, 5.41) is 8.34. The molecule has 0 aliphatic carbocycles. The summed E-state index contributed by atoms with van der Waals surface area (Å²) in [6, 6.07) is 9.72. The van der Waals surface area contributed by atoms with Crippen molar-refractivity contribution < 1.29 is 17.6 Å². The minimum absolute atomic E-state index is 0.321. The summed E-state index contributed by atoms with van der Waals surface area (Å²) in [6.45, 7) is 0. The second-order valence-corrected chi connectivity index (χ2v) is 6.59. The van der Waals surface area contributed by atoms with Crippen molar-refractivity contribution in [2.75, 3.05) is 0 Å². The molecule has 9 heteroatoms. The van der Waals surface area contributed by atoms with Crippen molar-refractivity contribution in [2.24, 2.45) is 0 Å². The quantitative estimate of drug-likeness (QED) is 0.547. The van der Waals surface area contributed by atoms with Crippen molar-refractivity contribution in [1.82, 2.24) is 15.2 Å². The third kappa shape index (κ3) is 4.15. The van der Waals surface area contributed by atoms with Crippen molar-refractivity contribution >= 4 is 27.7 Å². The molecule has 0 saturated heterocycles. The Bertz CT molecular complexity index is 819. The van der Waals surface area contributed by atoms with E-state index in [1.165, 1.54) is 17.8 Å². The average Bonchev–Trinajstić information content (AvgIpc) is 3.02. The van der Waals surface area contributed by atoms with Crippen molar-refractivity contribution in [3.05, 3.63) is 58.5 Å². The molecule has 0 aliphatic rings. The van der Waals surface area contributed by atoms with Gasteiger partial charge < -0.3 is 4.42 Å². The first-order valence-corrected chi connectivity index (χ1v) is 8.44. The Labute approximate surface area is 147 Å². The molecule has 124 valence electrons. The number of thioether (sulfide) groups is 1. The predicted molar refractivity (Wildman–Crippen MR) is 86.2 cm³/mol. The smallest absolute Gasteiger partial charge is 0.417 e. The zero-order chi connectivity index (χ0) is 17.2. The molecule has 2 aromatic heterocycles. The zero-order valence-corrected chi connectivity index (χ0v) is 14.3. The number of hydrogen-bond donors (Lipinski definition) is 0. The van der Waals surface area contributed by atoms with Crippen LogP contribution >= 0.6 is 27.7 Å². The Kier molecular flexibility index (Phi) is 4.91. The van der Waals surface area contributed by atoms with Crippen molar-refractivity contribution in [3.8, 4) is 11.5 Å². The minimum Gasteiger partial charge on any atom is -0.420 e. The fourth-order valence-electron chi connectivity index (χ4n) is 1.79. The highest BCUT2D eigenvalue weighted by Gasteiger charge is 2.30. The summed E-state index contributed by atoms with van der Waals surface area (Å²) in [5.74, 6) is 1.08. The lowest BCUT2D eigenvalue weighted by Crippen LogP contribution is -2.05. The van der Waals surface area contributed by atoms with Crippen LogP contribution in [-0.2, 0) is 11.9 Å². The Morgan fingerprint density at radius 2 is 1.79 bits per heavy atom. The fraction of sp³-hybridized carbons (Fsp3) is 0.133. The summed E-state index contributed by atoms with van der Waals surface area (Å²) in [6.07, 6.45) is -3.58. The summed E-state index contributed by atoms with van der Waals surface area (Å²) in [4.78, 5) is 3.78. The first-order valence-electron chi connectivity index (χ1n) is 6.66. The maximum atomic E-state index is 12.5. The highest BCUT2D eigenvalue weighted by atomic mass is 79.9. The van der Waals surface area contributed by atoms with E-state index in [0.29, 0.717) is 22.6 Å². The second-order valence-electron chi connectivity index (χ2n) is 4.68. The summed E-state index contributed by atoms with van der Waals surface area (Å²) in [5.41, 5.74) is 0.0109. The van der Waals surface area contributed by atoms with Gasteiger partial charge in [0.15, 0.2) is 0 Å². The summed E-state index contributed by atoms with van der Waals surface area (Å²) in [7, 11) is 0. The molecule has 0 spiro atoms. The molecule has 4 nitrogen and oxygen atoms in total. The molecule has 1 aromatic carbocycles. The van der Waals surface area contributed by atoms with Gasteiger partial charge >= 0.3 is 6.18 Å². The van der Waals surface area contributed by atoms with E-state index in [2.05, 4.69) is 31.1 Å². The Morgan fingerprint density at radius 3 is 2.42 bits per heavy atom. The van der Waals surface area contributed by atoms with Crippen LogP contribution in [-0.4, -0.2) is 15.2 Å². The van der Waals surface area contributed by atoms with Crippen LogP contribution in [0.5, 0.6) is 0 Å². The van der Waals surface area contributed by atoms with Crippen LogP contribution in [0.3, 0.4) is 0 Å². The topological polar surface area (TPSA) is 51.8 Å². The van der Waals surface area contributed by atoms with Gasteiger partial charge in [-0.25, -0.2) is 4.98 Å². The molecule has 0 radical (unpaired) electrons. The van der Waals surface area contributed by atoms with Gasteiger partial charge in [-0.1, -0.05) is 27.7 Å². The number of rotatable bonds is 4. The zero-order valence-electron chi connectivity index (χ0n) is 11.9. The molecule has 3 aromatic rings. The van der Waals surface area contributed by atoms with Gasteiger partial charge in [-0.15, -0.1) is 10.2 Å². The SMILES string of the molecule is FC(F)(F)c1ccc(SCc2nnc(-c3ccc(Br)cc3)o2)nc1. The maximum Gasteiger partial charge on any atom is 0.417 e. The highest BCUT2D eigenvalue weighted by Crippen LogP contribution is 2.30. The van der Waals surface area contributed by atoms with E-state index < -0.39 is 11.7 Å². The van der Waals surface area contributed by atoms with E-state index in [1.807, 2.05) is 24.3 Å². The molecule has 0 amide bonds. The van der Waals surface area contributed by atoms with Crippen molar-refractivity contribution in [2.45, 2.75) is 17.0 Å². The van der Waals surface area contributed by atoms with Gasteiger partial charge in [0.25, 0.3) is 0 Å². The lowest BCUT2D eigenvalue weighted by Gasteiger charge is -2.05. The first kappa shape index (κ1) is 17.0. The van der Waals surface area contributed by atoms with Crippen LogP contribution in [0.4, 0.5) is 13.2 Å². The van der Waals surface area contributed by atoms with Gasteiger partial charge in [0.05, 0.1) is 16.3 Å². The number of hydrogen-bond acceptors (Lipinski definition) is 5. The molecule has 0 aliphatic heterocycles. The standard InChI is InChI=1S/C15H9BrF3N3OS/c16-11-4-1-9(2-5-11)14-22-21-12(23-14)8-24-13-6-3-10(7-20-13)15(17,18)19/h1-7H,8H2. The molecule has 0 atom stereocenters. The van der Waals surface area contributed by atoms with E-state index in [1.54, 1.807) is 0 Å². The monoisotopic (exact) mass is 415 g/mol. The van der Waals surface area contributed by atoms with Crippen LogP contribution in [0.2, 0.25) is 0 Å². The van der Waals surface area contributed by atoms with E-state index in [4.69, 9.17) is 4.42 Å². The van der Waals surface area contributed by atoms with Gasteiger partial charge in [-0.05, 0) is 36.4 Å². The predicted octanol–water partition coefficient (Wildman–Crippen LogP) is 5.21. The molecule has 2 heterocycles. The van der Waals surface area contributed by atoms with Gasteiger partial charge in [0.1, 0.15) is 0 Å². The molecule has 0 unspecified atom stereocenters. The fourth-order valence-corrected chi connectivity index (χ4v) is 2.73. The van der Waals surface area contributed by atoms with Crippen molar-refractivity contribution in [3.63, 3.8) is 0 Å². The van der Waals surface area contributed by atoms with Crippen LogP contribution < -0.4 is 0 Å². The Hall–Kier alpha value is -1.87. The van der Waals surface area contributed by atoms with Crippen LogP contribution in [0.25, 0.3) is 11.5 Å². The van der Waals surface area contributed by atoms with Crippen molar-refractivity contribution in [1.29, 1.82) is 0 Å². The number of alkyl halides is 3. The minimum atomic E-state index is -4.39. The van der Waals surface area contributed by atoms with Gasteiger partial charge in [-0.2, -0.15) is 13.2 Å². The van der Waals surface area contributed by atoms with E-state index in [0.717, 1.165) is 22.3 Å². The number of halogens is 4. The second kappa shape index (κ2) is 6.94. The number of nitrogens with zero attached hydrogens (tertiary/aromatic N) is 3.